The summed E-state index contributed by atoms with van der Waals surface area (Å²) in [6.07, 6.45) is 3.71. The third-order valence-electron chi connectivity index (χ3n) is 3.52. The molecule has 0 fully saturated rings. The van der Waals surface area contributed by atoms with Gasteiger partial charge in [0.25, 0.3) is 5.91 Å². The topological polar surface area (TPSA) is 75.1 Å². The minimum Gasteiger partial charge on any atom is -0.504 e. The SMILES string of the molecule is CNC(=O)c1ncc2cc(Cc3ccc(F)cc3)cnc2c1O. The molecule has 6 heteroatoms. The highest BCUT2D eigenvalue weighted by atomic mass is 19.1. The van der Waals surface area contributed by atoms with Crippen LogP contribution in [-0.4, -0.2) is 28.0 Å². The first kappa shape index (κ1) is 14.9. The van der Waals surface area contributed by atoms with Crippen LogP contribution in [0.3, 0.4) is 0 Å². The first-order valence-corrected chi connectivity index (χ1v) is 7.01. The van der Waals surface area contributed by atoms with E-state index in [1.54, 1.807) is 18.3 Å². The summed E-state index contributed by atoms with van der Waals surface area (Å²) in [5, 5.41) is 13.2. The largest absolute Gasteiger partial charge is 0.504 e. The van der Waals surface area contributed by atoms with Gasteiger partial charge in [0.15, 0.2) is 11.4 Å². The van der Waals surface area contributed by atoms with Crippen molar-refractivity contribution in [3.05, 3.63) is 65.4 Å². The van der Waals surface area contributed by atoms with Gasteiger partial charge in [0.05, 0.1) is 0 Å². The summed E-state index contributed by atoms with van der Waals surface area (Å²) in [5.41, 5.74) is 2.12. The van der Waals surface area contributed by atoms with Crippen LogP contribution in [0.4, 0.5) is 4.39 Å². The second-order valence-corrected chi connectivity index (χ2v) is 5.12. The Morgan fingerprint density at radius 1 is 1.17 bits per heavy atom. The summed E-state index contributed by atoms with van der Waals surface area (Å²) < 4.78 is 12.9. The molecule has 5 nitrogen and oxygen atoms in total. The van der Waals surface area contributed by atoms with E-state index < -0.39 is 5.91 Å². The van der Waals surface area contributed by atoms with Crippen LogP contribution in [0.25, 0.3) is 10.9 Å². The number of amides is 1. The maximum atomic E-state index is 12.9. The average molecular weight is 311 g/mol. The molecule has 1 amide bonds. The number of carbonyl (C=O) groups is 1. The number of nitrogens with zero attached hydrogens (tertiary/aromatic N) is 2. The zero-order chi connectivity index (χ0) is 16.4. The van der Waals surface area contributed by atoms with Crippen molar-refractivity contribution in [2.24, 2.45) is 0 Å². The lowest BCUT2D eigenvalue weighted by Crippen LogP contribution is -2.19. The van der Waals surface area contributed by atoms with Crippen molar-refractivity contribution in [3.8, 4) is 5.75 Å². The second-order valence-electron chi connectivity index (χ2n) is 5.12. The van der Waals surface area contributed by atoms with E-state index in [-0.39, 0.29) is 17.3 Å². The van der Waals surface area contributed by atoms with E-state index in [9.17, 15) is 14.3 Å². The van der Waals surface area contributed by atoms with Crippen LogP contribution in [0.2, 0.25) is 0 Å². The Morgan fingerprint density at radius 3 is 2.61 bits per heavy atom. The second kappa shape index (κ2) is 6.00. The molecule has 0 atom stereocenters. The quantitative estimate of drug-likeness (QED) is 0.779. The summed E-state index contributed by atoms with van der Waals surface area (Å²) in [6, 6.07) is 8.08. The van der Waals surface area contributed by atoms with Gasteiger partial charge in [0, 0.05) is 24.8 Å². The van der Waals surface area contributed by atoms with Crippen molar-refractivity contribution >= 4 is 16.8 Å². The molecule has 0 unspecified atom stereocenters. The maximum Gasteiger partial charge on any atom is 0.273 e. The van der Waals surface area contributed by atoms with Gasteiger partial charge in [-0.3, -0.25) is 9.78 Å². The molecule has 0 bridgehead atoms. The van der Waals surface area contributed by atoms with Crippen molar-refractivity contribution in [2.45, 2.75) is 6.42 Å². The smallest absolute Gasteiger partial charge is 0.273 e. The summed E-state index contributed by atoms with van der Waals surface area (Å²) in [5.74, 6) is -0.988. The van der Waals surface area contributed by atoms with Crippen molar-refractivity contribution < 1.29 is 14.3 Å². The lowest BCUT2D eigenvalue weighted by Gasteiger charge is -2.07. The molecule has 23 heavy (non-hydrogen) atoms. The monoisotopic (exact) mass is 311 g/mol. The van der Waals surface area contributed by atoms with Crippen molar-refractivity contribution in [1.82, 2.24) is 15.3 Å². The van der Waals surface area contributed by atoms with Gasteiger partial charge in [-0.15, -0.1) is 0 Å². The van der Waals surface area contributed by atoms with Crippen LogP contribution in [0.1, 0.15) is 21.6 Å². The number of hydrogen-bond acceptors (Lipinski definition) is 4. The minimum atomic E-state index is -0.471. The molecule has 0 aliphatic rings. The Hall–Kier alpha value is -3.02. The van der Waals surface area contributed by atoms with Gasteiger partial charge in [-0.2, -0.15) is 0 Å². The number of pyridine rings is 2. The third-order valence-corrected chi connectivity index (χ3v) is 3.52. The lowest BCUT2D eigenvalue weighted by molar-refractivity contribution is 0.0955. The van der Waals surface area contributed by atoms with E-state index in [1.807, 2.05) is 6.07 Å². The summed E-state index contributed by atoms with van der Waals surface area (Å²) in [6.45, 7) is 0. The Kier molecular flexibility index (Phi) is 3.89. The van der Waals surface area contributed by atoms with Gasteiger partial charge in [-0.25, -0.2) is 9.37 Å². The van der Waals surface area contributed by atoms with Gasteiger partial charge < -0.3 is 10.4 Å². The minimum absolute atomic E-state index is 0.0567. The van der Waals surface area contributed by atoms with Crippen molar-refractivity contribution in [1.29, 1.82) is 0 Å². The van der Waals surface area contributed by atoms with Crippen LogP contribution in [0.5, 0.6) is 5.75 Å². The van der Waals surface area contributed by atoms with E-state index in [0.29, 0.717) is 17.3 Å². The van der Waals surface area contributed by atoms with E-state index in [1.165, 1.54) is 25.4 Å². The first-order chi connectivity index (χ1) is 11.1. The highest BCUT2D eigenvalue weighted by Crippen LogP contribution is 2.26. The number of rotatable bonds is 3. The number of halogens is 1. The molecule has 0 saturated carbocycles. The molecule has 3 rings (SSSR count). The Labute approximate surface area is 131 Å². The lowest BCUT2D eigenvalue weighted by atomic mass is 10.0. The molecule has 2 heterocycles. The number of aromatic hydroxyl groups is 1. The predicted octanol–water partition coefficient (Wildman–Crippen LogP) is 2.42. The molecule has 0 saturated heterocycles. The number of aromatic nitrogens is 2. The highest BCUT2D eigenvalue weighted by molar-refractivity contribution is 6.00. The molecule has 0 aliphatic carbocycles. The van der Waals surface area contributed by atoms with Gasteiger partial charge >= 0.3 is 0 Å². The highest BCUT2D eigenvalue weighted by Gasteiger charge is 2.15. The normalized spacial score (nSPS) is 10.7. The van der Waals surface area contributed by atoms with Crippen LogP contribution in [-0.2, 0) is 6.42 Å². The third kappa shape index (κ3) is 2.96. The molecule has 0 spiro atoms. The van der Waals surface area contributed by atoms with Crippen molar-refractivity contribution in [3.63, 3.8) is 0 Å². The Morgan fingerprint density at radius 2 is 1.91 bits per heavy atom. The molecule has 2 aromatic heterocycles. The molecule has 3 aromatic rings. The Balaban J connectivity index is 1.96. The fourth-order valence-electron chi connectivity index (χ4n) is 2.35. The van der Waals surface area contributed by atoms with Gasteiger partial charge in [0.1, 0.15) is 11.3 Å². The van der Waals surface area contributed by atoms with Gasteiger partial charge in [-0.05, 0) is 35.7 Å². The number of benzene rings is 1. The molecule has 2 N–H and O–H groups in total. The van der Waals surface area contributed by atoms with Crippen LogP contribution in [0.15, 0.2) is 42.7 Å². The van der Waals surface area contributed by atoms with Crippen molar-refractivity contribution in [2.75, 3.05) is 7.05 Å². The molecular weight excluding hydrogens is 297 g/mol. The van der Waals surface area contributed by atoms with Crippen LogP contribution >= 0.6 is 0 Å². The standard InChI is InChI=1S/C17H14FN3O2/c1-19-17(23)15-16(22)14-12(9-21-15)7-11(8-20-14)6-10-2-4-13(18)5-3-10/h2-5,7-9,22H,6H2,1H3,(H,19,23). The fourth-order valence-corrected chi connectivity index (χ4v) is 2.35. The zero-order valence-electron chi connectivity index (χ0n) is 12.4. The molecule has 0 radical (unpaired) electrons. The molecule has 1 aromatic carbocycles. The number of fused-ring (bicyclic) bond motifs is 1. The summed E-state index contributed by atoms with van der Waals surface area (Å²) >= 11 is 0. The molecule has 0 aliphatic heterocycles. The first-order valence-electron chi connectivity index (χ1n) is 7.01. The summed E-state index contributed by atoms with van der Waals surface area (Å²) in [4.78, 5) is 19.8. The van der Waals surface area contributed by atoms with E-state index in [2.05, 4.69) is 15.3 Å². The maximum absolute atomic E-state index is 12.9. The molecular formula is C17H14FN3O2. The van der Waals surface area contributed by atoms with Gasteiger partial charge in [0.2, 0.25) is 0 Å². The number of hydrogen-bond donors (Lipinski definition) is 2. The summed E-state index contributed by atoms with van der Waals surface area (Å²) in [7, 11) is 1.47. The van der Waals surface area contributed by atoms with E-state index in [4.69, 9.17) is 0 Å². The average Bonchev–Trinajstić information content (AvgIpc) is 2.56. The predicted molar refractivity (Wildman–Crippen MR) is 83.8 cm³/mol. The molecule has 116 valence electrons. The van der Waals surface area contributed by atoms with E-state index in [0.717, 1.165) is 11.1 Å². The van der Waals surface area contributed by atoms with Crippen LogP contribution < -0.4 is 5.32 Å². The van der Waals surface area contributed by atoms with E-state index >= 15 is 0 Å². The number of carbonyl (C=O) groups excluding carboxylic acids is 1. The number of nitrogens with one attached hydrogen (secondary N) is 1. The van der Waals surface area contributed by atoms with Crippen LogP contribution in [0, 0.1) is 5.82 Å². The fraction of sp³-hybridized carbons (Fsp3) is 0.118. The van der Waals surface area contributed by atoms with Gasteiger partial charge in [-0.1, -0.05) is 12.1 Å². The zero-order valence-corrected chi connectivity index (χ0v) is 12.4. The Bertz CT molecular complexity index is 879.